The minimum atomic E-state index is -0.325. The Labute approximate surface area is 199 Å². The highest BCUT2D eigenvalue weighted by atomic mass is 35.5. The fraction of sp³-hybridized carbons (Fsp3) is 0.0769. The van der Waals surface area contributed by atoms with E-state index in [0.29, 0.717) is 16.5 Å². The molecule has 0 unspecified atom stereocenters. The molecule has 0 saturated carbocycles. The maximum absolute atomic E-state index is 13.5. The van der Waals surface area contributed by atoms with Gasteiger partial charge in [0, 0.05) is 28.7 Å². The molecule has 0 spiro atoms. The van der Waals surface area contributed by atoms with E-state index in [0.717, 1.165) is 39.4 Å². The molecule has 4 aromatic rings. The first-order chi connectivity index (χ1) is 16.0. The van der Waals surface area contributed by atoms with Crippen molar-refractivity contribution in [1.82, 2.24) is 9.47 Å². The van der Waals surface area contributed by atoms with E-state index in [1.165, 1.54) is 17.0 Å². The molecule has 2 amide bonds. The predicted octanol–water partition coefficient (Wildman–Crippen LogP) is 6.72. The van der Waals surface area contributed by atoms with Crippen LogP contribution in [-0.4, -0.2) is 20.6 Å². The Balaban J connectivity index is 1.37. The third-order valence-electron chi connectivity index (χ3n) is 5.49. The van der Waals surface area contributed by atoms with E-state index < -0.39 is 0 Å². The summed E-state index contributed by atoms with van der Waals surface area (Å²) in [5, 5.41) is 1.21. The zero-order chi connectivity index (χ0) is 22.9. The van der Waals surface area contributed by atoms with Crippen molar-refractivity contribution in [2.45, 2.75) is 13.1 Å². The summed E-state index contributed by atoms with van der Waals surface area (Å²) >= 11 is 7.12. The lowest BCUT2D eigenvalue weighted by Crippen LogP contribution is -2.27. The Morgan fingerprint density at radius 3 is 2.61 bits per heavy atom. The average Bonchev–Trinajstić information content (AvgIpc) is 3.30. The topological polar surface area (TPSA) is 42.3 Å². The number of carbonyl (C=O) groups is 2. The van der Waals surface area contributed by atoms with E-state index in [4.69, 9.17) is 11.6 Å². The molecule has 0 atom stereocenters. The normalized spacial score (nSPS) is 15.2. The molecule has 3 aromatic carbocycles. The molecule has 164 valence electrons. The molecule has 2 heterocycles. The van der Waals surface area contributed by atoms with Gasteiger partial charge in [-0.25, -0.2) is 4.39 Å². The molecule has 0 bridgehead atoms. The number of carbonyl (C=O) groups excluding carboxylic acids is 2. The summed E-state index contributed by atoms with van der Waals surface area (Å²) < 4.78 is 15.6. The Bertz CT molecular complexity index is 1430. The van der Waals surface area contributed by atoms with Crippen LogP contribution < -0.4 is 0 Å². The van der Waals surface area contributed by atoms with Crippen LogP contribution in [-0.2, 0) is 17.9 Å². The molecule has 0 N–H and O–H groups in total. The third kappa shape index (κ3) is 4.45. The van der Waals surface area contributed by atoms with Gasteiger partial charge in [0.25, 0.3) is 11.1 Å². The van der Waals surface area contributed by atoms with Crippen LogP contribution in [0.1, 0.15) is 16.7 Å². The van der Waals surface area contributed by atoms with Crippen LogP contribution in [0.3, 0.4) is 0 Å². The molecule has 1 aromatic heterocycles. The third-order valence-corrected chi connectivity index (χ3v) is 6.77. The summed E-state index contributed by atoms with van der Waals surface area (Å²) in [5.41, 5.74) is 3.44. The number of amides is 2. The summed E-state index contributed by atoms with van der Waals surface area (Å²) in [6.45, 7) is 0.700. The average molecular weight is 477 g/mol. The van der Waals surface area contributed by atoms with Gasteiger partial charge in [0.05, 0.1) is 11.4 Å². The van der Waals surface area contributed by atoms with Crippen molar-refractivity contribution in [3.63, 3.8) is 0 Å². The predicted molar refractivity (Wildman–Crippen MR) is 130 cm³/mol. The maximum Gasteiger partial charge on any atom is 0.293 e. The highest BCUT2D eigenvalue weighted by Gasteiger charge is 2.35. The van der Waals surface area contributed by atoms with Crippen LogP contribution in [0, 0.1) is 5.82 Å². The SMILES string of the molecule is O=C1S/C(=C/c2ccc3c(ccn3Cc3cccc(F)c3)c2)C(=O)N1Cc1ccccc1Cl. The van der Waals surface area contributed by atoms with E-state index in [-0.39, 0.29) is 23.5 Å². The van der Waals surface area contributed by atoms with Crippen molar-refractivity contribution in [3.05, 3.63) is 111 Å². The number of rotatable bonds is 5. The lowest BCUT2D eigenvalue weighted by molar-refractivity contribution is -0.123. The molecule has 1 saturated heterocycles. The summed E-state index contributed by atoms with van der Waals surface area (Å²) in [6.07, 6.45) is 3.69. The maximum atomic E-state index is 13.5. The molecule has 7 heteroatoms. The van der Waals surface area contributed by atoms with Crippen molar-refractivity contribution < 1.29 is 14.0 Å². The molecule has 4 nitrogen and oxygen atoms in total. The minimum Gasteiger partial charge on any atom is -0.343 e. The molecule has 1 aliphatic heterocycles. The van der Waals surface area contributed by atoms with Gasteiger partial charge in [-0.05, 0) is 70.9 Å². The van der Waals surface area contributed by atoms with E-state index in [1.54, 1.807) is 30.3 Å². The number of thioether (sulfide) groups is 1. The first-order valence-electron chi connectivity index (χ1n) is 10.3. The number of fused-ring (bicyclic) bond motifs is 1. The first-order valence-corrected chi connectivity index (χ1v) is 11.5. The Kier molecular flexibility index (Phi) is 5.79. The van der Waals surface area contributed by atoms with Crippen molar-refractivity contribution in [2.24, 2.45) is 0 Å². The van der Waals surface area contributed by atoms with Crippen molar-refractivity contribution >= 4 is 51.5 Å². The van der Waals surface area contributed by atoms with Gasteiger partial charge in [0.15, 0.2) is 0 Å². The molecule has 0 radical (unpaired) electrons. The van der Waals surface area contributed by atoms with E-state index >= 15 is 0 Å². The largest absolute Gasteiger partial charge is 0.343 e. The Hall–Kier alpha value is -3.35. The highest BCUT2D eigenvalue weighted by Crippen LogP contribution is 2.34. The van der Waals surface area contributed by atoms with E-state index in [9.17, 15) is 14.0 Å². The van der Waals surface area contributed by atoms with Crippen LogP contribution in [0.4, 0.5) is 9.18 Å². The zero-order valence-corrected chi connectivity index (χ0v) is 18.9. The lowest BCUT2D eigenvalue weighted by atomic mass is 10.1. The number of aromatic nitrogens is 1. The quantitative estimate of drug-likeness (QED) is 0.300. The van der Waals surface area contributed by atoms with E-state index in [2.05, 4.69) is 0 Å². The van der Waals surface area contributed by atoms with Crippen LogP contribution in [0.15, 0.2) is 83.9 Å². The van der Waals surface area contributed by atoms with Crippen LogP contribution in [0.25, 0.3) is 17.0 Å². The molecule has 5 rings (SSSR count). The highest BCUT2D eigenvalue weighted by molar-refractivity contribution is 8.18. The van der Waals surface area contributed by atoms with Gasteiger partial charge in [0.1, 0.15) is 5.82 Å². The van der Waals surface area contributed by atoms with Crippen molar-refractivity contribution in [3.8, 4) is 0 Å². The lowest BCUT2D eigenvalue weighted by Gasteiger charge is -2.13. The fourth-order valence-electron chi connectivity index (χ4n) is 3.86. The van der Waals surface area contributed by atoms with Gasteiger partial charge in [-0.15, -0.1) is 0 Å². The Morgan fingerprint density at radius 1 is 0.939 bits per heavy atom. The van der Waals surface area contributed by atoms with Crippen LogP contribution in [0.2, 0.25) is 5.02 Å². The second-order valence-electron chi connectivity index (χ2n) is 7.75. The molecular weight excluding hydrogens is 459 g/mol. The van der Waals surface area contributed by atoms with Gasteiger partial charge in [-0.3, -0.25) is 14.5 Å². The number of imide groups is 1. The van der Waals surface area contributed by atoms with Gasteiger partial charge in [0.2, 0.25) is 0 Å². The Morgan fingerprint density at radius 2 is 1.79 bits per heavy atom. The number of nitrogens with zero attached hydrogens (tertiary/aromatic N) is 2. The summed E-state index contributed by atoms with van der Waals surface area (Å²) in [5.74, 6) is -0.580. The van der Waals surface area contributed by atoms with Gasteiger partial charge in [-0.1, -0.05) is 48.0 Å². The minimum absolute atomic E-state index is 0.143. The van der Waals surface area contributed by atoms with Gasteiger partial charge in [-0.2, -0.15) is 0 Å². The van der Waals surface area contributed by atoms with Crippen molar-refractivity contribution in [2.75, 3.05) is 0 Å². The molecule has 33 heavy (non-hydrogen) atoms. The molecule has 1 aliphatic rings. The second-order valence-corrected chi connectivity index (χ2v) is 9.15. The zero-order valence-electron chi connectivity index (χ0n) is 17.4. The number of hydrogen-bond donors (Lipinski definition) is 0. The molecule has 0 aliphatic carbocycles. The number of hydrogen-bond acceptors (Lipinski definition) is 3. The van der Waals surface area contributed by atoms with Gasteiger partial charge < -0.3 is 4.57 Å². The monoisotopic (exact) mass is 476 g/mol. The standard InChI is InChI=1S/C26H18ClFN2O2S/c27-22-7-2-1-5-20(22)16-30-25(31)24(33-26(30)32)14-17-8-9-23-19(12-17)10-11-29(23)15-18-4-3-6-21(28)13-18/h1-14H,15-16H2/b24-14+. The van der Waals surface area contributed by atoms with E-state index in [1.807, 2.05) is 47.2 Å². The van der Waals surface area contributed by atoms with Crippen LogP contribution in [0.5, 0.6) is 0 Å². The first kappa shape index (κ1) is 21.5. The fourth-order valence-corrected chi connectivity index (χ4v) is 4.90. The van der Waals surface area contributed by atoms with Gasteiger partial charge >= 0.3 is 0 Å². The van der Waals surface area contributed by atoms with Crippen molar-refractivity contribution in [1.29, 1.82) is 0 Å². The summed E-state index contributed by atoms with van der Waals surface area (Å²) in [4.78, 5) is 26.9. The van der Waals surface area contributed by atoms with Crippen LogP contribution >= 0.6 is 23.4 Å². The second kappa shape index (κ2) is 8.89. The number of benzene rings is 3. The number of halogens is 2. The smallest absolute Gasteiger partial charge is 0.293 e. The molecule has 1 fully saturated rings. The summed E-state index contributed by atoms with van der Waals surface area (Å²) in [7, 11) is 0. The summed E-state index contributed by atoms with van der Waals surface area (Å²) in [6, 6.07) is 21.6. The molecular formula is C26H18ClFN2O2S.